The summed E-state index contributed by atoms with van der Waals surface area (Å²) in [6.45, 7) is 1.40. The minimum Gasteiger partial charge on any atom is -0.504 e. The molecule has 126 valence electrons. The summed E-state index contributed by atoms with van der Waals surface area (Å²) in [5, 5.41) is 15.1. The molecule has 0 aliphatic carbocycles. The Morgan fingerprint density at radius 1 is 1.21 bits per heavy atom. The smallest absolute Gasteiger partial charge is 0.416 e. The van der Waals surface area contributed by atoms with E-state index in [0.29, 0.717) is 4.88 Å². The van der Waals surface area contributed by atoms with Crippen LogP contribution in [0.15, 0.2) is 40.1 Å². The Morgan fingerprint density at radius 2 is 1.96 bits per heavy atom. The third-order valence-electron chi connectivity index (χ3n) is 3.69. The Labute approximate surface area is 140 Å². The van der Waals surface area contributed by atoms with Gasteiger partial charge in [-0.3, -0.25) is 0 Å². The van der Waals surface area contributed by atoms with Crippen molar-refractivity contribution in [1.29, 1.82) is 0 Å². The molecule has 0 radical (unpaired) electrons. The molecule has 0 aliphatic rings. The van der Waals surface area contributed by atoms with Crippen LogP contribution in [0.4, 0.5) is 19.1 Å². The molecule has 0 unspecified atom stereocenters. The number of anilines is 1. The summed E-state index contributed by atoms with van der Waals surface area (Å²) in [4.78, 5) is 0.693. The van der Waals surface area contributed by atoms with Gasteiger partial charge in [0.15, 0.2) is 11.5 Å². The highest BCUT2D eigenvalue weighted by molar-refractivity contribution is 7.13. The van der Waals surface area contributed by atoms with Crippen LogP contribution >= 0.6 is 11.3 Å². The van der Waals surface area contributed by atoms with Crippen molar-refractivity contribution in [1.82, 2.24) is 0 Å². The predicted octanol–water partition coefficient (Wildman–Crippen LogP) is 5.75. The number of furan rings is 1. The Kier molecular flexibility index (Phi) is 4.04. The molecule has 0 saturated carbocycles. The standard InChI is InChI=1S/C17H14F3NO2S/c1-9-5-6-10(8-11(9)17(18,19)20)13-14(22)15(23-16(13)21-2)12-4-3-7-24-12/h3-8,21-22H,1-2H3. The van der Waals surface area contributed by atoms with Gasteiger partial charge < -0.3 is 14.8 Å². The summed E-state index contributed by atoms with van der Waals surface area (Å²) in [5.41, 5.74) is -0.160. The van der Waals surface area contributed by atoms with Crippen molar-refractivity contribution in [2.45, 2.75) is 13.1 Å². The molecule has 0 saturated heterocycles. The zero-order valence-corrected chi connectivity index (χ0v) is 13.7. The number of aryl methyl sites for hydroxylation is 1. The molecule has 2 aromatic heterocycles. The first kappa shape index (κ1) is 16.4. The van der Waals surface area contributed by atoms with Gasteiger partial charge in [0.1, 0.15) is 0 Å². The Balaban J connectivity index is 2.20. The molecular weight excluding hydrogens is 339 g/mol. The molecule has 2 heterocycles. The predicted molar refractivity (Wildman–Crippen MR) is 88.4 cm³/mol. The van der Waals surface area contributed by atoms with Crippen molar-refractivity contribution >= 4 is 17.2 Å². The largest absolute Gasteiger partial charge is 0.504 e. The first-order valence-electron chi connectivity index (χ1n) is 7.08. The van der Waals surface area contributed by atoms with E-state index in [1.807, 2.05) is 5.38 Å². The summed E-state index contributed by atoms with van der Waals surface area (Å²) >= 11 is 1.37. The molecule has 0 atom stereocenters. The zero-order chi connectivity index (χ0) is 17.5. The molecule has 0 bridgehead atoms. The van der Waals surface area contributed by atoms with Crippen LogP contribution in [-0.4, -0.2) is 12.2 Å². The van der Waals surface area contributed by atoms with Gasteiger partial charge in [0.2, 0.25) is 5.88 Å². The van der Waals surface area contributed by atoms with Crippen molar-refractivity contribution in [3.8, 4) is 27.5 Å². The fourth-order valence-electron chi connectivity index (χ4n) is 2.52. The second-order valence-corrected chi connectivity index (χ2v) is 6.19. The van der Waals surface area contributed by atoms with Crippen LogP contribution in [-0.2, 0) is 6.18 Å². The van der Waals surface area contributed by atoms with Crippen LogP contribution in [0.5, 0.6) is 5.75 Å². The molecule has 0 fully saturated rings. The molecule has 24 heavy (non-hydrogen) atoms. The Hall–Kier alpha value is -2.41. The number of rotatable bonds is 3. The minimum absolute atomic E-state index is 0.124. The first-order valence-corrected chi connectivity index (χ1v) is 7.96. The summed E-state index contributed by atoms with van der Waals surface area (Å²) in [6.07, 6.45) is -4.46. The number of benzene rings is 1. The number of nitrogens with one attached hydrogen (secondary N) is 1. The third-order valence-corrected chi connectivity index (χ3v) is 4.56. The van der Waals surface area contributed by atoms with Gasteiger partial charge in [-0.25, -0.2) is 0 Å². The van der Waals surface area contributed by atoms with Crippen molar-refractivity contribution in [2.75, 3.05) is 12.4 Å². The molecule has 3 aromatic rings. The van der Waals surface area contributed by atoms with E-state index < -0.39 is 11.7 Å². The van der Waals surface area contributed by atoms with E-state index in [2.05, 4.69) is 5.32 Å². The molecule has 3 nitrogen and oxygen atoms in total. The molecule has 0 aliphatic heterocycles. The fraction of sp³-hybridized carbons (Fsp3) is 0.176. The van der Waals surface area contributed by atoms with Gasteiger partial charge in [0.25, 0.3) is 0 Å². The number of thiophene rings is 1. The van der Waals surface area contributed by atoms with E-state index in [9.17, 15) is 18.3 Å². The van der Waals surface area contributed by atoms with E-state index in [1.54, 1.807) is 19.2 Å². The first-order chi connectivity index (χ1) is 11.3. The normalized spacial score (nSPS) is 11.7. The monoisotopic (exact) mass is 353 g/mol. The molecule has 3 rings (SSSR count). The number of halogens is 3. The molecule has 2 N–H and O–H groups in total. The number of hydrogen-bond acceptors (Lipinski definition) is 4. The summed E-state index contributed by atoms with van der Waals surface area (Å²) in [6, 6.07) is 7.51. The second kappa shape index (κ2) is 5.90. The van der Waals surface area contributed by atoms with Gasteiger partial charge in [-0.2, -0.15) is 13.2 Å². The fourth-order valence-corrected chi connectivity index (χ4v) is 3.23. The van der Waals surface area contributed by atoms with Crippen LogP contribution in [0.1, 0.15) is 11.1 Å². The highest BCUT2D eigenvalue weighted by atomic mass is 32.1. The molecule has 0 spiro atoms. The molecule has 7 heteroatoms. The van der Waals surface area contributed by atoms with Crippen LogP contribution < -0.4 is 5.32 Å². The van der Waals surface area contributed by atoms with E-state index >= 15 is 0 Å². The van der Waals surface area contributed by atoms with Crippen LogP contribution in [0.2, 0.25) is 0 Å². The lowest BCUT2D eigenvalue weighted by Gasteiger charge is -2.12. The number of aromatic hydroxyl groups is 1. The van der Waals surface area contributed by atoms with Crippen molar-refractivity contribution in [3.05, 3.63) is 46.8 Å². The van der Waals surface area contributed by atoms with Gasteiger partial charge >= 0.3 is 6.18 Å². The summed E-state index contributed by atoms with van der Waals surface area (Å²) in [5.74, 6) is 0.269. The number of hydrogen-bond donors (Lipinski definition) is 2. The summed E-state index contributed by atoms with van der Waals surface area (Å²) in [7, 11) is 1.58. The zero-order valence-electron chi connectivity index (χ0n) is 12.9. The molecule has 0 amide bonds. The lowest BCUT2D eigenvalue weighted by Crippen LogP contribution is -2.07. The van der Waals surface area contributed by atoms with E-state index in [0.717, 1.165) is 6.07 Å². The SMILES string of the molecule is CNc1oc(-c2cccs2)c(O)c1-c1ccc(C)c(C(F)(F)F)c1. The average Bonchev–Trinajstić information content (AvgIpc) is 3.14. The highest BCUT2D eigenvalue weighted by Gasteiger charge is 2.33. The van der Waals surface area contributed by atoms with Crippen molar-refractivity contribution in [3.63, 3.8) is 0 Å². The van der Waals surface area contributed by atoms with Crippen molar-refractivity contribution in [2.24, 2.45) is 0 Å². The second-order valence-electron chi connectivity index (χ2n) is 5.24. The van der Waals surface area contributed by atoms with Crippen LogP contribution in [0, 0.1) is 6.92 Å². The Morgan fingerprint density at radius 3 is 2.54 bits per heavy atom. The lowest BCUT2D eigenvalue weighted by atomic mass is 9.99. The minimum atomic E-state index is -4.46. The lowest BCUT2D eigenvalue weighted by molar-refractivity contribution is -0.138. The summed E-state index contributed by atoms with van der Waals surface area (Å²) < 4.78 is 45.1. The van der Waals surface area contributed by atoms with Crippen LogP contribution in [0.3, 0.4) is 0 Å². The van der Waals surface area contributed by atoms with Gasteiger partial charge in [-0.1, -0.05) is 18.2 Å². The highest BCUT2D eigenvalue weighted by Crippen LogP contribution is 2.48. The van der Waals surface area contributed by atoms with Gasteiger partial charge in [0.05, 0.1) is 16.0 Å². The van der Waals surface area contributed by atoms with Gasteiger partial charge in [-0.05, 0) is 35.6 Å². The topological polar surface area (TPSA) is 45.4 Å². The van der Waals surface area contributed by atoms with E-state index in [4.69, 9.17) is 4.42 Å². The quantitative estimate of drug-likeness (QED) is 0.630. The Bertz CT molecular complexity index is 867. The maximum Gasteiger partial charge on any atom is 0.416 e. The number of alkyl halides is 3. The van der Waals surface area contributed by atoms with E-state index in [1.165, 1.54) is 30.4 Å². The van der Waals surface area contributed by atoms with E-state index in [-0.39, 0.29) is 34.1 Å². The third kappa shape index (κ3) is 2.75. The van der Waals surface area contributed by atoms with Crippen molar-refractivity contribution < 1.29 is 22.7 Å². The van der Waals surface area contributed by atoms with Crippen LogP contribution in [0.25, 0.3) is 21.8 Å². The maximum atomic E-state index is 13.2. The van der Waals surface area contributed by atoms with Gasteiger partial charge in [0, 0.05) is 7.05 Å². The maximum absolute atomic E-state index is 13.2. The molecular formula is C17H14F3NO2S. The average molecular weight is 353 g/mol. The van der Waals surface area contributed by atoms with Gasteiger partial charge in [-0.15, -0.1) is 11.3 Å². The molecule has 1 aromatic carbocycles.